The van der Waals surface area contributed by atoms with Crippen molar-refractivity contribution in [3.8, 4) is 23.0 Å². The average Bonchev–Trinajstić information content (AvgIpc) is 2.50. The van der Waals surface area contributed by atoms with E-state index in [0.717, 1.165) is 6.07 Å². The molecule has 120 valence electrons. The van der Waals surface area contributed by atoms with E-state index in [1.807, 2.05) is 0 Å². The summed E-state index contributed by atoms with van der Waals surface area (Å²) in [5.41, 5.74) is 0.638. The second kappa shape index (κ2) is 5.81. The van der Waals surface area contributed by atoms with Crippen LogP contribution in [0.25, 0.3) is 0 Å². The lowest BCUT2D eigenvalue weighted by Crippen LogP contribution is -2.38. The number of aromatic hydroxyl groups is 3. The van der Waals surface area contributed by atoms with Crippen LogP contribution in [-0.4, -0.2) is 33.8 Å². The molecule has 3 N–H and O–H groups in total. The highest BCUT2D eigenvalue weighted by Crippen LogP contribution is 2.42. The molecule has 0 saturated heterocycles. The van der Waals surface area contributed by atoms with Crippen molar-refractivity contribution < 1.29 is 29.6 Å². The van der Waals surface area contributed by atoms with Gasteiger partial charge in [0.15, 0.2) is 12.2 Å². The Hall–Kier alpha value is -2.73. The molecule has 1 aliphatic heterocycles. The van der Waals surface area contributed by atoms with Crippen molar-refractivity contribution >= 4 is 5.78 Å². The van der Waals surface area contributed by atoms with Gasteiger partial charge in [-0.05, 0) is 24.6 Å². The van der Waals surface area contributed by atoms with Crippen molar-refractivity contribution in [2.75, 3.05) is 6.61 Å². The van der Waals surface area contributed by atoms with Gasteiger partial charge in [0.25, 0.3) is 0 Å². The van der Waals surface area contributed by atoms with Crippen LogP contribution in [0.15, 0.2) is 36.4 Å². The molecule has 6 nitrogen and oxygen atoms in total. The largest absolute Gasteiger partial charge is 0.508 e. The number of carbonyl (C=O) groups is 1. The van der Waals surface area contributed by atoms with Gasteiger partial charge in [-0.3, -0.25) is 4.79 Å². The van der Waals surface area contributed by atoms with Gasteiger partial charge in [0.05, 0.1) is 0 Å². The second-order valence-electron chi connectivity index (χ2n) is 5.21. The summed E-state index contributed by atoms with van der Waals surface area (Å²) in [6.07, 6.45) is -1.66. The Morgan fingerprint density at radius 3 is 2.43 bits per heavy atom. The molecule has 3 rings (SSSR count). The molecule has 0 fully saturated rings. The highest BCUT2D eigenvalue weighted by molar-refractivity contribution is 6.05. The highest BCUT2D eigenvalue weighted by atomic mass is 16.5. The van der Waals surface area contributed by atoms with E-state index in [9.17, 15) is 20.1 Å². The van der Waals surface area contributed by atoms with Crippen LogP contribution in [0.4, 0.5) is 0 Å². The van der Waals surface area contributed by atoms with E-state index in [-0.39, 0.29) is 28.6 Å². The number of fused-ring (bicyclic) bond motifs is 1. The fourth-order valence-electron chi connectivity index (χ4n) is 2.66. The molecular weight excluding hydrogens is 300 g/mol. The number of hydrogen-bond donors (Lipinski definition) is 3. The van der Waals surface area contributed by atoms with E-state index in [4.69, 9.17) is 9.47 Å². The third kappa shape index (κ3) is 2.68. The number of ether oxygens (including phenoxy) is 2. The molecular formula is C17H16O6. The number of phenols is 3. The minimum absolute atomic E-state index is 0.00345. The molecule has 6 heteroatoms. The zero-order valence-corrected chi connectivity index (χ0v) is 12.4. The molecule has 0 aromatic heterocycles. The standard InChI is InChI=1S/C17H16O6/c1-2-22-17-15(21)14-12(20)7-11(19)8-13(14)23-16(17)9-3-5-10(18)6-4-9/h3-8,16-20H,2H2,1H3/t16-,17+/m0/s1. The van der Waals surface area contributed by atoms with Gasteiger partial charge < -0.3 is 24.8 Å². The zero-order chi connectivity index (χ0) is 16.6. The Morgan fingerprint density at radius 1 is 1.09 bits per heavy atom. The predicted octanol–water partition coefficient (Wildman–Crippen LogP) is 2.52. The van der Waals surface area contributed by atoms with Crippen LogP contribution >= 0.6 is 0 Å². The lowest BCUT2D eigenvalue weighted by molar-refractivity contribution is -0.0179. The van der Waals surface area contributed by atoms with Gasteiger partial charge in [-0.15, -0.1) is 0 Å². The van der Waals surface area contributed by atoms with Crippen LogP contribution in [0.5, 0.6) is 23.0 Å². The van der Waals surface area contributed by atoms with E-state index in [1.165, 1.54) is 18.2 Å². The topological polar surface area (TPSA) is 96.2 Å². The zero-order valence-electron chi connectivity index (χ0n) is 12.4. The van der Waals surface area contributed by atoms with E-state index >= 15 is 0 Å². The molecule has 0 aliphatic carbocycles. The van der Waals surface area contributed by atoms with Gasteiger partial charge in [0, 0.05) is 18.7 Å². The third-order valence-electron chi connectivity index (χ3n) is 3.67. The second-order valence-corrected chi connectivity index (χ2v) is 5.21. The summed E-state index contributed by atoms with van der Waals surface area (Å²) >= 11 is 0. The van der Waals surface area contributed by atoms with Gasteiger partial charge in [-0.2, -0.15) is 0 Å². The van der Waals surface area contributed by atoms with E-state index in [1.54, 1.807) is 19.1 Å². The van der Waals surface area contributed by atoms with Crippen LogP contribution in [0.2, 0.25) is 0 Å². The monoisotopic (exact) mass is 316 g/mol. The van der Waals surface area contributed by atoms with Crippen molar-refractivity contribution in [1.82, 2.24) is 0 Å². The number of benzene rings is 2. The Balaban J connectivity index is 2.08. The number of phenolic OH excluding ortho intramolecular Hbond substituents is 3. The minimum atomic E-state index is -0.924. The molecule has 0 radical (unpaired) electrons. The normalized spacial score (nSPS) is 20.0. The van der Waals surface area contributed by atoms with Crippen molar-refractivity contribution in [3.05, 3.63) is 47.5 Å². The van der Waals surface area contributed by atoms with Gasteiger partial charge in [-0.1, -0.05) is 12.1 Å². The first-order chi connectivity index (χ1) is 11.0. The Labute approximate surface area is 132 Å². The number of rotatable bonds is 3. The van der Waals surface area contributed by atoms with E-state index in [2.05, 4.69) is 0 Å². The number of Topliss-reactive ketones (excluding diaryl/α,β-unsaturated/α-hetero) is 1. The molecule has 0 spiro atoms. The molecule has 2 aromatic rings. The maximum atomic E-state index is 12.7. The Kier molecular flexibility index (Phi) is 3.83. The first-order valence-electron chi connectivity index (χ1n) is 7.18. The van der Waals surface area contributed by atoms with Crippen molar-refractivity contribution in [3.63, 3.8) is 0 Å². The van der Waals surface area contributed by atoms with Crippen molar-refractivity contribution in [2.24, 2.45) is 0 Å². The quantitative estimate of drug-likeness (QED) is 0.805. The summed E-state index contributed by atoms with van der Waals surface area (Å²) in [6, 6.07) is 8.61. The van der Waals surface area contributed by atoms with Crippen LogP contribution in [0, 0.1) is 0 Å². The van der Waals surface area contributed by atoms with Gasteiger partial charge in [0.2, 0.25) is 5.78 Å². The number of carbonyl (C=O) groups excluding carboxylic acids is 1. The van der Waals surface area contributed by atoms with Crippen LogP contribution in [0.1, 0.15) is 28.9 Å². The Bertz CT molecular complexity index is 737. The van der Waals surface area contributed by atoms with Gasteiger partial charge >= 0.3 is 0 Å². The molecule has 2 atom stereocenters. The summed E-state index contributed by atoms with van der Waals surface area (Å²) in [5.74, 6) is -0.767. The molecule has 23 heavy (non-hydrogen) atoms. The maximum Gasteiger partial charge on any atom is 0.203 e. The Morgan fingerprint density at radius 2 is 1.78 bits per heavy atom. The van der Waals surface area contributed by atoms with Gasteiger partial charge in [0.1, 0.15) is 28.6 Å². The average molecular weight is 316 g/mol. The first-order valence-corrected chi connectivity index (χ1v) is 7.18. The molecule has 2 aromatic carbocycles. The van der Waals surface area contributed by atoms with Crippen molar-refractivity contribution in [2.45, 2.75) is 19.1 Å². The fourth-order valence-corrected chi connectivity index (χ4v) is 2.66. The van der Waals surface area contributed by atoms with Crippen LogP contribution in [0.3, 0.4) is 0 Å². The molecule has 1 aliphatic rings. The highest BCUT2D eigenvalue weighted by Gasteiger charge is 2.40. The molecule has 0 bridgehead atoms. The molecule has 0 amide bonds. The van der Waals surface area contributed by atoms with E-state index < -0.39 is 18.0 Å². The first kappa shape index (κ1) is 15.2. The molecule has 0 saturated carbocycles. The summed E-state index contributed by atoms with van der Waals surface area (Å²) < 4.78 is 11.3. The predicted molar refractivity (Wildman–Crippen MR) is 81.0 cm³/mol. The summed E-state index contributed by atoms with van der Waals surface area (Å²) in [7, 11) is 0. The molecule has 1 heterocycles. The molecule has 0 unspecified atom stereocenters. The maximum absolute atomic E-state index is 12.7. The van der Waals surface area contributed by atoms with Gasteiger partial charge in [-0.25, -0.2) is 0 Å². The lowest BCUT2D eigenvalue weighted by Gasteiger charge is -2.32. The minimum Gasteiger partial charge on any atom is -0.508 e. The summed E-state index contributed by atoms with van der Waals surface area (Å²) in [4.78, 5) is 12.7. The fraction of sp³-hybridized carbons (Fsp3) is 0.235. The summed E-state index contributed by atoms with van der Waals surface area (Å²) in [5, 5.41) is 28.9. The third-order valence-corrected chi connectivity index (χ3v) is 3.67. The van der Waals surface area contributed by atoms with Crippen molar-refractivity contribution in [1.29, 1.82) is 0 Å². The van der Waals surface area contributed by atoms with E-state index in [0.29, 0.717) is 12.2 Å². The SMILES string of the molecule is CCO[C@@H]1C(=O)c2c(O)cc(O)cc2O[C@H]1c1ccc(O)cc1. The smallest absolute Gasteiger partial charge is 0.203 e. The lowest BCUT2D eigenvalue weighted by atomic mass is 9.92. The van der Waals surface area contributed by atoms with Crippen LogP contribution < -0.4 is 4.74 Å². The van der Waals surface area contributed by atoms with Crippen LogP contribution in [-0.2, 0) is 4.74 Å². The summed E-state index contributed by atoms with van der Waals surface area (Å²) in [6.45, 7) is 2.05. The number of hydrogen-bond acceptors (Lipinski definition) is 6. The number of ketones is 1.